The molecule has 0 saturated heterocycles. The van der Waals surface area contributed by atoms with Gasteiger partial charge >= 0.3 is 47.9 Å². The maximum absolute atomic E-state index is 13.7. The fourth-order valence-electron chi connectivity index (χ4n) is 2.05. The lowest BCUT2D eigenvalue weighted by Gasteiger charge is -2.41. The van der Waals surface area contributed by atoms with Crippen molar-refractivity contribution < 1.29 is 75.0 Å². The van der Waals surface area contributed by atoms with Gasteiger partial charge in [0.1, 0.15) is 0 Å². The third-order valence-corrected chi connectivity index (χ3v) is 8.00. The summed E-state index contributed by atoms with van der Waals surface area (Å²) in [5, 5.41) is 0. The Balaban J connectivity index is 6.04. The van der Waals surface area contributed by atoms with Crippen LogP contribution in [0, 0.1) is 0 Å². The van der Waals surface area contributed by atoms with Crippen molar-refractivity contribution in [2.24, 2.45) is 0 Å². The molecule has 0 aromatic heterocycles. The number of nitrogens with zero attached hydrogens (tertiary/aromatic N) is 1. The van der Waals surface area contributed by atoms with E-state index in [0.29, 0.717) is 20.1 Å². The van der Waals surface area contributed by atoms with E-state index in [1.54, 1.807) is 0 Å². The lowest BCUT2D eigenvalue weighted by Crippen LogP contribution is -2.70. The molecule has 0 aliphatic carbocycles. The lowest BCUT2D eigenvalue weighted by molar-refractivity contribution is -0.439. The summed E-state index contributed by atoms with van der Waals surface area (Å²) >= 11 is 0. The van der Waals surface area contributed by atoms with Gasteiger partial charge in [-0.25, -0.2) is 0 Å². The van der Waals surface area contributed by atoms with Crippen LogP contribution in [0.5, 0.6) is 0 Å². The summed E-state index contributed by atoms with van der Waals surface area (Å²) in [7, 11) is -3.76. The minimum atomic E-state index is -8.05. The van der Waals surface area contributed by atoms with E-state index in [-0.39, 0.29) is 4.57 Å². The number of rotatable bonds is 8. The van der Waals surface area contributed by atoms with E-state index < -0.39 is 68.6 Å². The first-order valence-electron chi connectivity index (χ1n) is 7.83. The summed E-state index contributed by atoms with van der Waals surface area (Å²) in [4.78, 5) is 11.1. The summed E-state index contributed by atoms with van der Waals surface area (Å²) in [6.07, 6.45) is -15.8. The van der Waals surface area contributed by atoms with Crippen LogP contribution >= 0.6 is 0 Å². The highest BCUT2D eigenvalue weighted by Gasteiger charge is 2.90. The Kier molecular flexibility index (Phi) is 7.74. The minimum Gasteiger partial charge on any atom is -0.365 e. The highest BCUT2D eigenvalue weighted by molar-refractivity contribution is 6.76. The van der Waals surface area contributed by atoms with Crippen LogP contribution in [0.2, 0.25) is 19.1 Å². The lowest BCUT2D eigenvalue weighted by atomic mass is 9.93. The number of carbonyl (C=O) groups is 1. The third kappa shape index (κ3) is 4.90. The third-order valence-electron chi connectivity index (χ3n) is 4.50. The number of hydrogen-bond donors (Lipinski definition) is 0. The standard InChI is InChI=1S/C13H13F16NOSi/c1-30(6(31)8(16,17)18)32(2,3)5-4-7(14,15)9(19,20)10(21,22)11(23,24)12(25,26)13(27,28)29/h4-5H2,1-3H3. The van der Waals surface area contributed by atoms with Gasteiger partial charge in [0.05, 0.1) is 0 Å². The monoisotopic (exact) mass is 531 g/mol. The van der Waals surface area contributed by atoms with Crippen molar-refractivity contribution in [2.45, 2.75) is 67.5 Å². The van der Waals surface area contributed by atoms with Gasteiger partial charge in [0.15, 0.2) is 8.24 Å². The molecule has 192 valence electrons. The maximum Gasteiger partial charge on any atom is 0.470 e. The van der Waals surface area contributed by atoms with Crippen molar-refractivity contribution in [3.8, 4) is 0 Å². The van der Waals surface area contributed by atoms with Crippen molar-refractivity contribution in [3.63, 3.8) is 0 Å². The summed E-state index contributed by atoms with van der Waals surface area (Å²) in [6, 6.07) is -1.59. The molecule has 0 fully saturated rings. The normalized spacial score (nSPS) is 15.7. The van der Waals surface area contributed by atoms with Crippen LogP contribution in [0.4, 0.5) is 70.2 Å². The van der Waals surface area contributed by atoms with Gasteiger partial charge in [0.25, 0.3) is 0 Å². The molecule has 0 unspecified atom stereocenters. The second kappa shape index (κ2) is 8.10. The van der Waals surface area contributed by atoms with Crippen LogP contribution in [-0.4, -0.2) is 67.7 Å². The van der Waals surface area contributed by atoms with Crippen molar-refractivity contribution in [3.05, 3.63) is 0 Å². The number of hydrogen-bond acceptors (Lipinski definition) is 1. The molecule has 0 atom stereocenters. The predicted molar refractivity (Wildman–Crippen MR) is 76.5 cm³/mol. The summed E-state index contributed by atoms with van der Waals surface area (Å²) in [5.74, 6) is -40.5. The first kappa shape index (κ1) is 30.6. The fraction of sp³-hybridized carbons (Fsp3) is 0.923. The quantitative estimate of drug-likeness (QED) is 0.265. The van der Waals surface area contributed by atoms with Crippen molar-refractivity contribution >= 4 is 14.1 Å². The van der Waals surface area contributed by atoms with E-state index in [4.69, 9.17) is 0 Å². The maximum atomic E-state index is 13.7. The topological polar surface area (TPSA) is 20.3 Å². The highest BCUT2D eigenvalue weighted by atomic mass is 28.3. The molecule has 1 amide bonds. The molecule has 2 nitrogen and oxygen atoms in total. The van der Waals surface area contributed by atoms with Crippen LogP contribution in [0.3, 0.4) is 0 Å². The molecule has 0 radical (unpaired) electrons. The molecule has 0 saturated carbocycles. The molecule has 0 rings (SSSR count). The SMILES string of the molecule is CN(C(=O)C(F)(F)F)[Si](C)(C)CCC(F)(F)C(F)(F)C(F)(F)C(F)(F)C(F)(F)C(F)(F)F. The number of halogens is 16. The van der Waals surface area contributed by atoms with Crippen LogP contribution < -0.4 is 0 Å². The smallest absolute Gasteiger partial charge is 0.365 e. The average Bonchev–Trinajstić information content (AvgIpc) is 2.56. The summed E-state index contributed by atoms with van der Waals surface area (Å²) in [5.41, 5.74) is 0. The molecular weight excluding hydrogens is 518 g/mol. The average molecular weight is 531 g/mol. The molecule has 0 aliphatic heterocycles. The Bertz CT molecular complexity index is 695. The predicted octanol–water partition coefficient (Wildman–Crippen LogP) is 6.34. The van der Waals surface area contributed by atoms with Crippen LogP contribution in [0.15, 0.2) is 0 Å². The highest BCUT2D eigenvalue weighted by Crippen LogP contribution is 2.60. The fourth-order valence-corrected chi connectivity index (χ4v) is 3.99. The van der Waals surface area contributed by atoms with Gasteiger partial charge < -0.3 is 4.57 Å². The molecule has 0 spiro atoms. The molecule has 0 aromatic rings. The zero-order chi connectivity index (χ0) is 26.6. The van der Waals surface area contributed by atoms with Gasteiger partial charge in [-0.15, -0.1) is 0 Å². The molecule has 0 aliphatic rings. The van der Waals surface area contributed by atoms with Crippen LogP contribution in [-0.2, 0) is 4.79 Å². The summed E-state index contributed by atoms with van der Waals surface area (Å²) in [6.45, 7) is 1.35. The Morgan fingerprint density at radius 1 is 0.656 bits per heavy atom. The minimum absolute atomic E-state index is 0.189. The molecule has 0 heterocycles. The molecule has 0 bridgehead atoms. The van der Waals surface area contributed by atoms with Crippen molar-refractivity contribution in [1.29, 1.82) is 0 Å². The van der Waals surface area contributed by atoms with Gasteiger partial charge in [-0.2, -0.15) is 70.2 Å². The number of carbonyl (C=O) groups excluding carboxylic acids is 1. The van der Waals surface area contributed by atoms with Gasteiger partial charge in [-0.3, -0.25) is 4.79 Å². The molecular formula is C13H13F16NOSi. The van der Waals surface area contributed by atoms with Gasteiger partial charge in [-0.1, -0.05) is 13.1 Å². The number of alkyl halides is 16. The van der Waals surface area contributed by atoms with E-state index >= 15 is 0 Å². The molecule has 32 heavy (non-hydrogen) atoms. The second-order valence-electron chi connectivity index (χ2n) is 7.17. The first-order chi connectivity index (χ1) is 13.5. The molecule has 19 heteroatoms. The largest absolute Gasteiger partial charge is 0.470 e. The second-order valence-corrected chi connectivity index (χ2v) is 12.0. The molecule has 0 N–H and O–H groups in total. The Morgan fingerprint density at radius 2 is 1.00 bits per heavy atom. The zero-order valence-electron chi connectivity index (χ0n) is 15.8. The Labute approximate surface area is 169 Å². The van der Waals surface area contributed by atoms with E-state index in [1.807, 2.05) is 0 Å². The van der Waals surface area contributed by atoms with Crippen molar-refractivity contribution in [2.75, 3.05) is 7.05 Å². The molecule has 0 aromatic carbocycles. The van der Waals surface area contributed by atoms with Gasteiger partial charge in [0, 0.05) is 13.5 Å². The first-order valence-corrected chi connectivity index (χ1v) is 11.0. The van der Waals surface area contributed by atoms with Crippen LogP contribution in [0.1, 0.15) is 6.42 Å². The van der Waals surface area contributed by atoms with E-state index in [9.17, 15) is 75.0 Å². The zero-order valence-corrected chi connectivity index (χ0v) is 16.8. The van der Waals surface area contributed by atoms with Gasteiger partial charge in [0.2, 0.25) is 0 Å². The van der Waals surface area contributed by atoms with Crippen LogP contribution in [0.25, 0.3) is 0 Å². The van der Waals surface area contributed by atoms with E-state index in [2.05, 4.69) is 0 Å². The Morgan fingerprint density at radius 3 is 1.31 bits per heavy atom. The Hall–Kier alpha value is -1.43. The van der Waals surface area contributed by atoms with Crippen molar-refractivity contribution in [1.82, 2.24) is 4.57 Å². The van der Waals surface area contributed by atoms with Gasteiger partial charge in [-0.05, 0) is 6.04 Å². The van der Waals surface area contributed by atoms with E-state index in [0.717, 1.165) is 0 Å². The van der Waals surface area contributed by atoms with E-state index in [1.165, 1.54) is 0 Å². The summed E-state index contributed by atoms with van der Waals surface area (Å²) < 4.78 is 206. The number of amides is 1.